The van der Waals surface area contributed by atoms with Crippen LogP contribution in [-0.4, -0.2) is 27.8 Å². The van der Waals surface area contributed by atoms with Crippen molar-refractivity contribution in [2.75, 3.05) is 5.32 Å². The molecule has 5 nitrogen and oxygen atoms in total. The number of aryl methyl sites for hydroxylation is 1. The van der Waals surface area contributed by atoms with Gasteiger partial charge in [-0.05, 0) is 20.8 Å². The lowest BCUT2D eigenvalue weighted by atomic mass is 10.2. The van der Waals surface area contributed by atoms with E-state index < -0.39 is 0 Å². The molecule has 0 aromatic carbocycles. The lowest BCUT2D eigenvalue weighted by molar-refractivity contribution is -0.122. The fourth-order valence-corrected chi connectivity index (χ4v) is 1.22. The number of nitrogens with one attached hydrogen (secondary N) is 2. The first kappa shape index (κ1) is 11.6. The van der Waals surface area contributed by atoms with Crippen molar-refractivity contribution in [1.29, 1.82) is 0 Å². The smallest absolute Gasteiger partial charge is 0.242 e. The van der Waals surface area contributed by atoms with E-state index in [0.717, 1.165) is 5.69 Å². The molecule has 1 heterocycles. The largest absolute Gasteiger partial charge is 0.371 e. The maximum Gasteiger partial charge on any atom is 0.242 e. The Morgan fingerprint density at radius 2 is 2.13 bits per heavy atom. The molecule has 0 aliphatic carbocycles. The summed E-state index contributed by atoms with van der Waals surface area (Å²) >= 11 is 0. The molecule has 0 fully saturated rings. The zero-order valence-corrected chi connectivity index (χ0v) is 9.61. The monoisotopic (exact) mass is 210 g/mol. The highest BCUT2D eigenvalue weighted by atomic mass is 16.2. The lowest BCUT2D eigenvalue weighted by Gasteiger charge is -2.15. The maximum absolute atomic E-state index is 11.6. The van der Waals surface area contributed by atoms with Crippen molar-refractivity contribution in [2.45, 2.75) is 32.9 Å². The number of hydrogen-bond acceptors (Lipinski definition) is 3. The molecule has 15 heavy (non-hydrogen) atoms. The van der Waals surface area contributed by atoms with Crippen LogP contribution in [0.1, 0.15) is 20.8 Å². The van der Waals surface area contributed by atoms with E-state index in [1.165, 1.54) is 0 Å². The van der Waals surface area contributed by atoms with Crippen molar-refractivity contribution in [3.63, 3.8) is 0 Å². The minimum Gasteiger partial charge on any atom is -0.371 e. The second-order valence-electron chi connectivity index (χ2n) is 3.93. The third-order valence-electron chi connectivity index (χ3n) is 1.91. The number of rotatable bonds is 4. The molecule has 1 rings (SSSR count). The molecular weight excluding hydrogens is 192 g/mol. The second-order valence-corrected chi connectivity index (χ2v) is 3.93. The zero-order chi connectivity index (χ0) is 11.4. The van der Waals surface area contributed by atoms with E-state index in [1.54, 1.807) is 10.9 Å². The molecule has 0 bridgehead atoms. The molecule has 5 heteroatoms. The van der Waals surface area contributed by atoms with E-state index >= 15 is 0 Å². The molecule has 1 aromatic heterocycles. The molecule has 0 saturated carbocycles. The van der Waals surface area contributed by atoms with Gasteiger partial charge in [0.2, 0.25) is 5.91 Å². The molecular formula is C10H18N4O. The predicted octanol–water partition coefficient (Wildman–Crippen LogP) is 0.745. The van der Waals surface area contributed by atoms with E-state index in [4.69, 9.17) is 0 Å². The fraction of sp³-hybridized carbons (Fsp3) is 0.600. The molecule has 2 N–H and O–H groups in total. The highest BCUT2D eigenvalue weighted by Gasteiger charge is 2.13. The molecule has 0 aliphatic heterocycles. The summed E-state index contributed by atoms with van der Waals surface area (Å²) in [5, 5.41) is 9.93. The number of hydrogen-bond donors (Lipinski definition) is 2. The van der Waals surface area contributed by atoms with Gasteiger partial charge < -0.3 is 10.6 Å². The van der Waals surface area contributed by atoms with Crippen LogP contribution in [-0.2, 0) is 11.8 Å². The average molecular weight is 210 g/mol. The summed E-state index contributed by atoms with van der Waals surface area (Å²) < 4.78 is 1.69. The first-order valence-electron chi connectivity index (χ1n) is 5.04. The first-order valence-corrected chi connectivity index (χ1v) is 5.04. The van der Waals surface area contributed by atoms with Crippen LogP contribution in [0.25, 0.3) is 0 Å². The summed E-state index contributed by atoms with van der Waals surface area (Å²) in [5.74, 6) is -0.00569. The summed E-state index contributed by atoms with van der Waals surface area (Å²) in [6.45, 7) is 5.70. The number of anilines is 1. The topological polar surface area (TPSA) is 59.0 Å². The standard InChI is InChI=1S/C10H18N4O/c1-7(2)12-10(15)8(3)13-9-5-11-14(4)6-9/h5-8,13H,1-4H3,(H,12,15). The molecule has 1 atom stereocenters. The van der Waals surface area contributed by atoms with Gasteiger partial charge >= 0.3 is 0 Å². The number of carbonyl (C=O) groups is 1. The summed E-state index contributed by atoms with van der Waals surface area (Å²) in [6.07, 6.45) is 3.53. The highest BCUT2D eigenvalue weighted by molar-refractivity contribution is 5.84. The van der Waals surface area contributed by atoms with Crippen LogP contribution in [0.5, 0.6) is 0 Å². The van der Waals surface area contributed by atoms with Crippen molar-refractivity contribution >= 4 is 11.6 Å². The van der Waals surface area contributed by atoms with Crippen LogP contribution in [0, 0.1) is 0 Å². The number of aromatic nitrogens is 2. The van der Waals surface area contributed by atoms with Crippen LogP contribution in [0.4, 0.5) is 5.69 Å². The lowest BCUT2D eigenvalue weighted by Crippen LogP contribution is -2.40. The summed E-state index contributed by atoms with van der Waals surface area (Å²) in [6, 6.07) is -0.0905. The van der Waals surface area contributed by atoms with Crippen molar-refractivity contribution in [2.24, 2.45) is 7.05 Å². The van der Waals surface area contributed by atoms with Gasteiger partial charge in [-0.2, -0.15) is 5.10 Å². The highest BCUT2D eigenvalue weighted by Crippen LogP contribution is 2.05. The van der Waals surface area contributed by atoms with Gasteiger partial charge in [-0.25, -0.2) is 0 Å². The number of nitrogens with zero attached hydrogens (tertiary/aromatic N) is 2. The van der Waals surface area contributed by atoms with Gasteiger partial charge in [-0.3, -0.25) is 9.48 Å². The molecule has 1 aromatic rings. The normalized spacial score (nSPS) is 12.6. The summed E-state index contributed by atoms with van der Waals surface area (Å²) in [7, 11) is 1.84. The zero-order valence-electron chi connectivity index (χ0n) is 9.61. The Balaban J connectivity index is 2.48. The van der Waals surface area contributed by atoms with Crippen LogP contribution >= 0.6 is 0 Å². The van der Waals surface area contributed by atoms with Crippen molar-refractivity contribution in [3.05, 3.63) is 12.4 Å². The quantitative estimate of drug-likeness (QED) is 0.770. The van der Waals surface area contributed by atoms with Crippen LogP contribution in [0.2, 0.25) is 0 Å². The first-order chi connectivity index (χ1) is 6.99. The molecule has 0 aliphatic rings. The number of carbonyl (C=O) groups excluding carboxylic acids is 1. The molecule has 1 unspecified atom stereocenters. The van der Waals surface area contributed by atoms with E-state index in [2.05, 4.69) is 15.7 Å². The molecule has 0 radical (unpaired) electrons. The van der Waals surface area contributed by atoms with Gasteiger partial charge in [0.25, 0.3) is 0 Å². The fourth-order valence-electron chi connectivity index (χ4n) is 1.22. The Labute approximate surface area is 89.9 Å². The van der Waals surface area contributed by atoms with Crippen LogP contribution in [0.15, 0.2) is 12.4 Å². The second kappa shape index (κ2) is 4.82. The van der Waals surface area contributed by atoms with Crippen molar-refractivity contribution in [1.82, 2.24) is 15.1 Å². The van der Waals surface area contributed by atoms with Gasteiger partial charge in [-0.15, -0.1) is 0 Å². The molecule has 0 spiro atoms. The SMILES string of the molecule is CC(C)NC(=O)C(C)Nc1cnn(C)c1. The minimum absolute atomic E-state index is 0.00569. The summed E-state index contributed by atoms with van der Waals surface area (Å²) in [4.78, 5) is 11.6. The minimum atomic E-state index is -0.253. The molecule has 84 valence electrons. The van der Waals surface area contributed by atoms with Gasteiger partial charge in [0, 0.05) is 19.3 Å². The summed E-state index contributed by atoms with van der Waals surface area (Å²) in [5.41, 5.74) is 0.851. The average Bonchev–Trinajstić information content (AvgIpc) is 2.50. The van der Waals surface area contributed by atoms with E-state index in [9.17, 15) is 4.79 Å². The van der Waals surface area contributed by atoms with Crippen LogP contribution < -0.4 is 10.6 Å². The van der Waals surface area contributed by atoms with Gasteiger partial charge in [0.1, 0.15) is 6.04 Å². The van der Waals surface area contributed by atoms with E-state index in [-0.39, 0.29) is 18.0 Å². The van der Waals surface area contributed by atoms with E-state index in [1.807, 2.05) is 34.0 Å². The Kier molecular flexibility index (Phi) is 3.71. The Bertz CT molecular complexity index is 332. The van der Waals surface area contributed by atoms with Gasteiger partial charge in [0.05, 0.1) is 11.9 Å². The van der Waals surface area contributed by atoms with Crippen LogP contribution in [0.3, 0.4) is 0 Å². The molecule has 1 amide bonds. The van der Waals surface area contributed by atoms with Crippen molar-refractivity contribution < 1.29 is 4.79 Å². The Morgan fingerprint density at radius 1 is 1.47 bits per heavy atom. The Morgan fingerprint density at radius 3 is 2.60 bits per heavy atom. The van der Waals surface area contributed by atoms with E-state index in [0.29, 0.717) is 0 Å². The molecule has 0 saturated heterocycles. The van der Waals surface area contributed by atoms with Crippen molar-refractivity contribution in [3.8, 4) is 0 Å². The third-order valence-corrected chi connectivity index (χ3v) is 1.91. The van der Waals surface area contributed by atoms with Gasteiger partial charge in [-0.1, -0.05) is 0 Å². The van der Waals surface area contributed by atoms with Gasteiger partial charge in [0.15, 0.2) is 0 Å². The maximum atomic E-state index is 11.6. The third kappa shape index (κ3) is 3.61. The Hall–Kier alpha value is -1.52. The predicted molar refractivity (Wildman–Crippen MR) is 59.6 cm³/mol. The number of amides is 1.